The number of aromatic nitrogens is 2. The highest BCUT2D eigenvalue weighted by Crippen LogP contribution is 2.19. The number of carbonyl (C=O) groups excluding carboxylic acids is 1. The van der Waals surface area contributed by atoms with E-state index in [4.69, 9.17) is 0 Å². The molecule has 0 radical (unpaired) electrons. The number of ketones is 1. The molecule has 6 heteroatoms. The van der Waals surface area contributed by atoms with Crippen molar-refractivity contribution in [3.63, 3.8) is 0 Å². The van der Waals surface area contributed by atoms with Crippen LogP contribution in [0.5, 0.6) is 0 Å². The zero-order chi connectivity index (χ0) is 16.4. The number of hydrogen-bond donors (Lipinski definition) is 0. The maximum Gasteiger partial charge on any atom is 0.225 e. The third-order valence-electron chi connectivity index (χ3n) is 4.10. The number of aryl methyl sites for hydroxylation is 1. The molecular formula is C17H19FN4O. The highest BCUT2D eigenvalue weighted by Gasteiger charge is 2.20. The van der Waals surface area contributed by atoms with Gasteiger partial charge in [0.05, 0.1) is 11.3 Å². The quantitative estimate of drug-likeness (QED) is 0.815. The first-order valence-corrected chi connectivity index (χ1v) is 7.64. The maximum atomic E-state index is 13.0. The molecule has 2 heterocycles. The Balaban J connectivity index is 1.68. The van der Waals surface area contributed by atoms with Crippen molar-refractivity contribution >= 4 is 17.4 Å². The lowest BCUT2D eigenvalue weighted by molar-refractivity contribution is 0.101. The summed E-state index contributed by atoms with van der Waals surface area (Å²) in [6.45, 7) is 6.57. The maximum absolute atomic E-state index is 13.0. The number of piperazine rings is 1. The number of carbonyl (C=O) groups is 1. The van der Waals surface area contributed by atoms with E-state index in [0.29, 0.717) is 17.2 Å². The second-order valence-corrected chi connectivity index (χ2v) is 5.68. The molecule has 0 atom stereocenters. The Morgan fingerprint density at radius 3 is 2.26 bits per heavy atom. The molecule has 3 rings (SSSR count). The average Bonchev–Trinajstić information content (AvgIpc) is 2.55. The van der Waals surface area contributed by atoms with Gasteiger partial charge in [0.1, 0.15) is 5.82 Å². The average molecular weight is 314 g/mol. The van der Waals surface area contributed by atoms with Crippen LogP contribution in [0.3, 0.4) is 0 Å². The molecule has 0 bridgehead atoms. The van der Waals surface area contributed by atoms with Gasteiger partial charge in [0, 0.05) is 38.1 Å². The summed E-state index contributed by atoms with van der Waals surface area (Å²) in [6.07, 6.45) is 1.60. The number of rotatable bonds is 3. The zero-order valence-electron chi connectivity index (χ0n) is 13.3. The van der Waals surface area contributed by atoms with Gasteiger partial charge >= 0.3 is 0 Å². The molecular weight excluding hydrogens is 295 g/mol. The summed E-state index contributed by atoms with van der Waals surface area (Å²) < 4.78 is 13.0. The van der Waals surface area contributed by atoms with Crippen LogP contribution in [0.25, 0.3) is 0 Å². The van der Waals surface area contributed by atoms with E-state index in [1.807, 2.05) is 6.92 Å². The van der Waals surface area contributed by atoms with Gasteiger partial charge in [0.15, 0.2) is 5.78 Å². The molecule has 0 N–H and O–H groups in total. The van der Waals surface area contributed by atoms with E-state index in [1.54, 1.807) is 18.3 Å². The van der Waals surface area contributed by atoms with Crippen LogP contribution >= 0.6 is 0 Å². The van der Waals surface area contributed by atoms with Crippen molar-refractivity contribution in [2.75, 3.05) is 36.0 Å². The SMILES string of the molecule is CC(=O)c1cnc(N2CCN(c3ccc(F)cc3)CC2)nc1C. The predicted molar refractivity (Wildman–Crippen MR) is 87.6 cm³/mol. The summed E-state index contributed by atoms with van der Waals surface area (Å²) >= 11 is 0. The molecule has 0 amide bonds. The molecule has 1 aromatic heterocycles. The highest BCUT2D eigenvalue weighted by atomic mass is 19.1. The van der Waals surface area contributed by atoms with Crippen LogP contribution in [0.1, 0.15) is 23.0 Å². The van der Waals surface area contributed by atoms with Crippen LogP contribution in [-0.4, -0.2) is 41.9 Å². The Morgan fingerprint density at radius 1 is 1.09 bits per heavy atom. The summed E-state index contributed by atoms with van der Waals surface area (Å²) in [5, 5.41) is 0. The van der Waals surface area contributed by atoms with Crippen molar-refractivity contribution in [3.8, 4) is 0 Å². The predicted octanol–water partition coefficient (Wildman–Crippen LogP) is 2.45. The fourth-order valence-corrected chi connectivity index (χ4v) is 2.77. The van der Waals surface area contributed by atoms with Crippen molar-refractivity contribution in [1.82, 2.24) is 9.97 Å². The van der Waals surface area contributed by atoms with Gasteiger partial charge in [-0.15, -0.1) is 0 Å². The smallest absolute Gasteiger partial charge is 0.225 e. The molecule has 0 saturated carbocycles. The minimum absolute atomic E-state index is 0.0184. The molecule has 120 valence electrons. The zero-order valence-corrected chi connectivity index (χ0v) is 13.3. The number of hydrogen-bond acceptors (Lipinski definition) is 5. The number of benzene rings is 1. The van der Waals surface area contributed by atoms with Gasteiger partial charge in [0.25, 0.3) is 0 Å². The van der Waals surface area contributed by atoms with Gasteiger partial charge in [-0.05, 0) is 38.1 Å². The van der Waals surface area contributed by atoms with Crippen molar-refractivity contribution in [1.29, 1.82) is 0 Å². The largest absolute Gasteiger partial charge is 0.368 e. The van der Waals surface area contributed by atoms with Crippen LogP contribution in [0, 0.1) is 12.7 Å². The third-order valence-corrected chi connectivity index (χ3v) is 4.10. The molecule has 2 aromatic rings. The second-order valence-electron chi connectivity index (χ2n) is 5.68. The number of Topliss-reactive ketones (excluding diaryl/α,β-unsaturated/α-hetero) is 1. The first kappa shape index (κ1) is 15.4. The first-order chi connectivity index (χ1) is 11.0. The van der Waals surface area contributed by atoms with E-state index in [9.17, 15) is 9.18 Å². The van der Waals surface area contributed by atoms with Gasteiger partial charge in [-0.3, -0.25) is 4.79 Å². The van der Waals surface area contributed by atoms with E-state index in [-0.39, 0.29) is 11.6 Å². The summed E-state index contributed by atoms with van der Waals surface area (Å²) in [7, 11) is 0. The summed E-state index contributed by atoms with van der Waals surface area (Å²) in [5.41, 5.74) is 2.30. The van der Waals surface area contributed by atoms with Crippen LogP contribution in [0.4, 0.5) is 16.0 Å². The van der Waals surface area contributed by atoms with Gasteiger partial charge < -0.3 is 9.80 Å². The molecule has 0 spiro atoms. The summed E-state index contributed by atoms with van der Waals surface area (Å²) in [6, 6.07) is 6.56. The number of nitrogens with zero attached hydrogens (tertiary/aromatic N) is 4. The van der Waals surface area contributed by atoms with Crippen molar-refractivity contribution < 1.29 is 9.18 Å². The lowest BCUT2D eigenvalue weighted by Gasteiger charge is -2.36. The molecule has 5 nitrogen and oxygen atoms in total. The van der Waals surface area contributed by atoms with E-state index < -0.39 is 0 Å². The fourth-order valence-electron chi connectivity index (χ4n) is 2.77. The lowest BCUT2D eigenvalue weighted by atomic mass is 10.2. The van der Waals surface area contributed by atoms with E-state index in [0.717, 1.165) is 31.9 Å². The molecule has 1 aromatic carbocycles. The molecule has 0 unspecified atom stereocenters. The Morgan fingerprint density at radius 2 is 1.70 bits per heavy atom. The van der Waals surface area contributed by atoms with Crippen molar-refractivity contribution in [2.45, 2.75) is 13.8 Å². The van der Waals surface area contributed by atoms with E-state index in [2.05, 4.69) is 19.8 Å². The normalized spacial score (nSPS) is 14.9. The monoisotopic (exact) mass is 314 g/mol. The van der Waals surface area contributed by atoms with Crippen LogP contribution in [-0.2, 0) is 0 Å². The van der Waals surface area contributed by atoms with Crippen LogP contribution in [0.2, 0.25) is 0 Å². The van der Waals surface area contributed by atoms with Crippen molar-refractivity contribution in [2.24, 2.45) is 0 Å². The van der Waals surface area contributed by atoms with Gasteiger partial charge in [0.2, 0.25) is 5.95 Å². The van der Waals surface area contributed by atoms with Gasteiger partial charge in [-0.1, -0.05) is 0 Å². The lowest BCUT2D eigenvalue weighted by Crippen LogP contribution is -2.47. The molecule has 1 saturated heterocycles. The summed E-state index contributed by atoms with van der Waals surface area (Å²) in [5.74, 6) is 0.420. The van der Waals surface area contributed by atoms with Crippen LogP contribution in [0.15, 0.2) is 30.5 Å². The van der Waals surface area contributed by atoms with E-state index in [1.165, 1.54) is 19.1 Å². The minimum atomic E-state index is -0.221. The topological polar surface area (TPSA) is 49.3 Å². The molecule has 1 aliphatic heterocycles. The molecule has 0 aliphatic carbocycles. The van der Waals surface area contributed by atoms with Crippen LogP contribution < -0.4 is 9.80 Å². The number of halogens is 1. The summed E-state index contributed by atoms with van der Waals surface area (Å²) in [4.78, 5) is 24.5. The number of anilines is 2. The highest BCUT2D eigenvalue weighted by molar-refractivity contribution is 5.94. The molecule has 23 heavy (non-hydrogen) atoms. The second kappa shape index (κ2) is 6.32. The molecule has 1 aliphatic rings. The Bertz CT molecular complexity index is 709. The van der Waals surface area contributed by atoms with Gasteiger partial charge in [-0.2, -0.15) is 0 Å². The Labute approximate surface area is 134 Å². The Hall–Kier alpha value is -2.50. The Kier molecular flexibility index (Phi) is 4.23. The molecule has 1 fully saturated rings. The fraction of sp³-hybridized carbons (Fsp3) is 0.353. The van der Waals surface area contributed by atoms with Gasteiger partial charge in [-0.25, -0.2) is 14.4 Å². The first-order valence-electron chi connectivity index (χ1n) is 7.64. The third kappa shape index (κ3) is 3.31. The standard InChI is InChI=1S/C17H19FN4O/c1-12-16(13(2)23)11-19-17(20-12)22-9-7-21(8-10-22)15-5-3-14(18)4-6-15/h3-6,11H,7-10H2,1-2H3. The van der Waals surface area contributed by atoms with E-state index >= 15 is 0 Å². The van der Waals surface area contributed by atoms with Crippen molar-refractivity contribution in [3.05, 3.63) is 47.5 Å². The minimum Gasteiger partial charge on any atom is -0.368 e.